The third-order valence-corrected chi connectivity index (χ3v) is 5.08. The van der Waals surface area contributed by atoms with Crippen LogP contribution in [0, 0.1) is 0 Å². The maximum absolute atomic E-state index is 12.2. The average molecular weight is 370 g/mol. The van der Waals surface area contributed by atoms with Gasteiger partial charge in [0, 0.05) is 25.2 Å². The van der Waals surface area contributed by atoms with Crippen LogP contribution in [0.2, 0.25) is 5.02 Å². The largest absolute Gasteiger partial charge is 0.495 e. The second kappa shape index (κ2) is 8.39. The zero-order valence-corrected chi connectivity index (χ0v) is 15.4. The molecule has 0 saturated heterocycles. The first-order chi connectivity index (χ1) is 11.5. The van der Waals surface area contributed by atoms with Gasteiger partial charge in [-0.05, 0) is 32.0 Å². The number of thioether (sulfide) groups is 1. The Balaban J connectivity index is 1.94. The number of ether oxygens (including phenoxy) is 1. The monoisotopic (exact) mass is 369 g/mol. The van der Waals surface area contributed by atoms with Crippen LogP contribution in [0.25, 0.3) is 0 Å². The highest BCUT2D eigenvalue weighted by atomic mass is 35.5. The van der Waals surface area contributed by atoms with Gasteiger partial charge in [0.1, 0.15) is 11.0 Å². The third kappa shape index (κ3) is 4.42. The summed E-state index contributed by atoms with van der Waals surface area (Å²) in [4.78, 5) is 30.2. The lowest BCUT2D eigenvalue weighted by Crippen LogP contribution is -2.27. The summed E-state index contributed by atoms with van der Waals surface area (Å²) in [5.41, 5.74) is 0.561. The number of hydrogen-bond donors (Lipinski definition) is 1. The molecular weight excluding hydrogens is 350 g/mol. The summed E-state index contributed by atoms with van der Waals surface area (Å²) < 4.78 is 5.07. The normalized spacial score (nSPS) is 16.8. The van der Waals surface area contributed by atoms with E-state index in [2.05, 4.69) is 10.3 Å². The lowest BCUT2D eigenvalue weighted by atomic mass is 10.2. The molecule has 0 aromatic heterocycles. The molecule has 0 saturated carbocycles. The van der Waals surface area contributed by atoms with Gasteiger partial charge in [-0.1, -0.05) is 23.4 Å². The van der Waals surface area contributed by atoms with Crippen molar-refractivity contribution >= 4 is 46.0 Å². The smallest absolute Gasteiger partial charge is 0.262 e. The molecule has 1 aromatic rings. The Morgan fingerprint density at radius 3 is 2.71 bits per heavy atom. The molecule has 2 amide bonds. The molecule has 0 fully saturated rings. The predicted octanol–water partition coefficient (Wildman–Crippen LogP) is 3.02. The number of anilines is 1. The number of methoxy groups -OCH3 is 1. The van der Waals surface area contributed by atoms with Crippen LogP contribution in [0.3, 0.4) is 0 Å². The Morgan fingerprint density at radius 1 is 1.42 bits per heavy atom. The Kier molecular flexibility index (Phi) is 6.51. The van der Waals surface area contributed by atoms with Crippen LogP contribution in [-0.2, 0) is 9.59 Å². The van der Waals surface area contributed by atoms with E-state index in [0.717, 1.165) is 13.1 Å². The van der Waals surface area contributed by atoms with Crippen molar-refractivity contribution in [2.45, 2.75) is 25.5 Å². The maximum Gasteiger partial charge on any atom is 0.262 e. The van der Waals surface area contributed by atoms with Crippen LogP contribution in [-0.4, -0.2) is 47.3 Å². The van der Waals surface area contributed by atoms with Crippen LogP contribution in [0.15, 0.2) is 23.2 Å². The molecule has 1 aliphatic rings. The van der Waals surface area contributed by atoms with Crippen LogP contribution in [0.1, 0.15) is 20.3 Å². The fourth-order valence-electron chi connectivity index (χ4n) is 2.26. The van der Waals surface area contributed by atoms with E-state index in [1.165, 1.54) is 18.9 Å². The van der Waals surface area contributed by atoms with E-state index in [0.29, 0.717) is 21.6 Å². The number of carbonyl (C=O) groups excluding carboxylic acids is 2. The van der Waals surface area contributed by atoms with Crippen LogP contribution in [0.5, 0.6) is 5.75 Å². The van der Waals surface area contributed by atoms with Crippen molar-refractivity contribution in [2.24, 2.45) is 4.99 Å². The van der Waals surface area contributed by atoms with E-state index in [4.69, 9.17) is 16.3 Å². The highest BCUT2D eigenvalue weighted by Crippen LogP contribution is 2.29. The molecule has 8 heteroatoms. The minimum atomic E-state index is -0.477. The van der Waals surface area contributed by atoms with Crippen molar-refractivity contribution in [1.29, 1.82) is 0 Å². The number of amidine groups is 1. The number of halogens is 1. The Hall–Kier alpha value is -1.73. The second-order valence-electron chi connectivity index (χ2n) is 5.11. The highest BCUT2D eigenvalue weighted by Gasteiger charge is 2.32. The molecule has 1 N–H and O–H groups in total. The van der Waals surface area contributed by atoms with E-state index >= 15 is 0 Å². The van der Waals surface area contributed by atoms with Crippen molar-refractivity contribution in [2.75, 3.05) is 25.5 Å². The molecule has 1 aliphatic heterocycles. The minimum Gasteiger partial charge on any atom is -0.495 e. The fraction of sp³-hybridized carbons (Fsp3) is 0.438. The Bertz CT molecular complexity index is 662. The van der Waals surface area contributed by atoms with E-state index in [9.17, 15) is 9.59 Å². The number of hydrogen-bond acceptors (Lipinski definition) is 5. The molecule has 130 valence electrons. The van der Waals surface area contributed by atoms with Gasteiger partial charge in [0.15, 0.2) is 5.17 Å². The summed E-state index contributed by atoms with van der Waals surface area (Å²) in [6.45, 7) is 5.56. The minimum absolute atomic E-state index is 0.0709. The molecule has 1 atom stereocenters. The van der Waals surface area contributed by atoms with Gasteiger partial charge in [0.2, 0.25) is 5.91 Å². The van der Waals surface area contributed by atoms with Crippen LogP contribution < -0.4 is 10.1 Å². The molecule has 1 heterocycles. The molecule has 24 heavy (non-hydrogen) atoms. The van der Waals surface area contributed by atoms with Crippen molar-refractivity contribution in [3.63, 3.8) is 0 Å². The summed E-state index contributed by atoms with van der Waals surface area (Å²) in [5, 5.41) is 3.37. The summed E-state index contributed by atoms with van der Waals surface area (Å²) in [5.74, 6) is 0.0244. The van der Waals surface area contributed by atoms with Crippen LogP contribution >= 0.6 is 23.4 Å². The topological polar surface area (TPSA) is 71.0 Å². The molecule has 0 bridgehead atoms. The van der Waals surface area contributed by atoms with Crippen molar-refractivity contribution in [3.05, 3.63) is 23.2 Å². The molecule has 6 nitrogen and oxygen atoms in total. The summed E-state index contributed by atoms with van der Waals surface area (Å²) in [6, 6.07) is 4.98. The Labute approximate surface area is 150 Å². The fourth-order valence-corrected chi connectivity index (χ4v) is 3.71. The summed E-state index contributed by atoms with van der Waals surface area (Å²) in [6.07, 6.45) is 0.0709. The molecule has 1 aromatic carbocycles. The van der Waals surface area contributed by atoms with Gasteiger partial charge < -0.3 is 15.0 Å². The number of rotatable bonds is 6. The SMILES string of the molecule is CCN(CC)C1=NC(=O)[C@H](CC(=O)Nc2ccc(OC)c(Cl)c2)S1. The van der Waals surface area contributed by atoms with E-state index in [1.807, 2.05) is 18.7 Å². The van der Waals surface area contributed by atoms with E-state index < -0.39 is 5.25 Å². The van der Waals surface area contributed by atoms with Gasteiger partial charge in [-0.2, -0.15) is 4.99 Å². The van der Waals surface area contributed by atoms with Gasteiger partial charge in [0.05, 0.1) is 12.1 Å². The van der Waals surface area contributed by atoms with Crippen molar-refractivity contribution < 1.29 is 14.3 Å². The van der Waals surface area contributed by atoms with Gasteiger partial charge in [-0.15, -0.1) is 0 Å². The lowest BCUT2D eigenvalue weighted by Gasteiger charge is -2.19. The molecule has 0 radical (unpaired) electrons. The predicted molar refractivity (Wildman–Crippen MR) is 98.0 cm³/mol. The zero-order chi connectivity index (χ0) is 17.7. The molecular formula is C16H20ClN3O3S. The standard InChI is InChI=1S/C16H20ClN3O3S/c1-4-20(5-2)16-19-15(22)13(24-16)9-14(21)18-10-6-7-12(23-3)11(17)8-10/h6-8,13H,4-5,9H2,1-3H3,(H,18,21)/t13-/m0/s1. The van der Waals surface area contributed by atoms with Crippen molar-refractivity contribution in [1.82, 2.24) is 4.90 Å². The first-order valence-electron chi connectivity index (χ1n) is 7.66. The Morgan fingerprint density at radius 2 is 2.12 bits per heavy atom. The van der Waals surface area contributed by atoms with Gasteiger partial charge in [0.25, 0.3) is 5.91 Å². The summed E-state index contributed by atoms with van der Waals surface area (Å²) >= 11 is 7.38. The second-order valence-corrected chi connectivity index (χ2v) is 6.69. The van der Waals surface area contributed by atoms with Gasteiger partial charge in [-0.3, -0.25) is 9.59 Å². The number of amides is 2. The quantitative estimate of drug-likeness (QED) is 0.834. The van der Waals surface area contributed by atoms with Crippen LogP contribution in [0.4, 0.5) is 5.69 Å². The zero-order valence-electron chi connectivity index (χ0n) is 13.8. The van der Waals surface area contributed by atoms with Gasteiger partial charge in [-0.25, -0.2) is 0 Å². The number of benzene rings is 1. The molecule has 0 unspecified atom stereocenters. The van der Waals surface area contributed by atoms with E-state index in [-0.39, 0.29) is 18.2 Å². The van der Waals surface area contributed by atoms with Crippen molar-refractivity contribution in [3.8, 4) is 5.75 Å². The number of nitrogens with one attached hydrogen (secondary N) is 1. The molecule has 2 rings (SSSR count). The summed E-state index contributed by atoms with van der Waals surface area (Å²) in [7, 11) is 1.52. The first-order valence-corrected chi connectivity index (χ1v) is 8.91. The maximum atomic E-state index is 12.2. The highest BCUT2D eigenvalue weighted by molar-refractivity contribution is 8.15. The number of nitrogens with zero attached hydrogens (tertiary/aromatic N) is 2. The third-order valence-electron chi connectivity index (χ3n) is 3.57. The molecule has 0 aliphatic carbocycles. The number of aliphatic imine (C=N–C) groups is 1. The van der Waals surface area contributed by atoms with E-state index in [1.54, 1.807) is 18.2 Å². The lowest BCUT2D eigenvalue weighted by molar-refractivity contribution is -0.121. The van der Waals surface area contributed by atoms with Gasteiger partial charge >= 0.3 is 0 Å². The first kappa shape index (κ1) is 18.6. The number of carbonyl (C=O) groups is 2. The molecule has 0 spiro atoms. The average Bonchev–Trinajstić information content (AvgIpc) is 2.89.